The second-order valence-corrected chi connectivity index (χ2v) is 5.64. The Morgan fingerprint density at radius 2 is 2.19 bits per heavy atom. The van der Waals surface area contributed by atoms with E-state index in [2.05, 4.69) is 24.1 Å². The van der Waals surface area contributed by atoms with Crippen LogP contribution in [0.15, 0.2) is 0 Å². The summed E-state index contributed by atoms with van der Waals surface area (Å²) in [4.78, 5) is 2.68. The van der Waals surface area contributed by atoms with Gasteiger partial charge in [-0.15, -0.1) is 0 Å². The van der Waals surface area contributed by atoms with Crippen LogP contribution in [0.4, 0.5) is 0 Å². The average Bonchev–Trinajstić information content (AvgIpc) is 3.01. The highest BCUT2D eigenvalue weighted by molar-refractivity contribution is 4.96. The third-order valence-corrected chi connectivity index (χ3v) is 3.95. The molecule has 2 rings (SSSR count). The first-order valence-corrected chi connectivity index (χ1v) is 6.83. The Kier molecular flexibility index (Phi) is 4.22. The lowest BCUT2D eigenvalue weighted by Crippen LogP contribution is -2.39. The molecule has 1 heterocycles. The van der Waals surface area contributed by atoms with E-state index in [-0.39, 0.29) is 0 Å². The first kappa shape index (κ1) is 12.3. The fourth-order valence-corrected chi connectivity index (χ4v) is 2.98. The summed E-state index contributed by atoms with van der Waals surface area (Å²) in [6, 6.07) is 2.87. The summed E-state index contributed by atoms with van der Waals surface area (Å²) < 4.78 is 0. The minimum Gasteiger partial charge on any atom is -0.396 e. The van der Waals surface area contributed by atoms with Crippen molar-refractivity contribution >= 4 is 0 Å². The monoisotopic (exact) mass is 226 g/mol. The molecular formula is C13H26N2O. The minimum absolute atomic E-state index is 0.321. The Morgan fingerprint density at radius 1 is 1.44 bits per heavy atom. The van der Waals surface area contributed by atoms with Crippen LogP contribution in [0.5, 0.6) is 0 Å². The molecule has 0 aromatic rings. The van der Waals surface area contributed by atoms with Gasteiger partial charge in [0, 0.05) is 37.3 Å². The van der Waals surface area contributed by atoms with Crippen molar-refractivity contribution in [1.82, 2.24) is 10.2 Å². The predicted octanol–water partition coefficient (Wildman–Crippen LogP) is 1.36. The van der Waals surface area contributed by atoms with Crippen molar-refractivity contribution < 1.29 is 5.11 Å². The van der Waals surface area contributed by atoms with E-state index in [1.165, 1.54) is 25.8 Å². The van der Waals surface area contributed by atoms with E-state index in [1.54, 1.807) is 0 Å². The maximum Gasteiger partial charge on any atom is 0.0431 e. The summed E-state index contributed by atoms with van der Waals surface area (Å²) in [7, 11) is 0. The lowest BCUT2D eigenvalue weighted by molar-refractivity contribution is 0.252. The molecule has 2 aliphatic rings. The Bertz CT molecular complexity index is 218. The summed E-state index contributed by atoms with van der Waals surface area (Å²) >= 11 is 0. The molecular weight excluding hydrogens is 200 g/mol. The molecule has 1 aliphatic heterocycles. The van der Waals surface area contributed by atoms with Gasteiger partial charge in [-0.25, -0.2) is 0 Å². The van der Waals surface area contributed by atoms with Crippen LogP contribution in [0.25, 0.3) is 0 Å². The number of hydrogen-bond donors (Lipinski definition) is 2. The Balaban J connectivity index is 1.70. The van der Waals surface area contributed by atoms with Crippen molar-refractivity contribution in [3.8, 4) is 0 Å². The van der Waals surface area contributed by atoms with Crippen LogP contribution in [-0.4, -0.2) is 47.3 Å². The van der Waals surface area contributed by atoms with Gasteiger partial charge in [0.05, 0.1) is 0 Å². The third-order valence-electron chi connectivity index (χ3n) is 3.95. The van der Waals surface area contributed by atoms with Crippen molar-refractivity contribution in [2.45, 2.75) is 70.1 Å². The largest absolute Gasteiger partial charge is 0.396 e. The number of aliphatic hydroxyl groups is 1. The average molecular weight is 226 g/mol. The third kappa shape index (κ3) is 3.19. The van der Waals surface area contributed by atoms with Crippen LogP contribution >= 0.6 is 0 Å². The second kappa shape index (κ2) is 5.48. The fourth-order valence-electron chi connectivity index (χ4n) is 2.98. The smallest absolute Gasteiger partial charge is 0.0431 e. The molecule has 0 bridgehead atoms. The second-order valence-electron chi connectivity index (χ2n) is 5.64. The van der Waals surface area contributed by atoms with E-state index in [1.807, 2.05) is 0 Å². The fraction of sp³-hybridized carbons (Fsp3) is 1.00. The topological polar surface area (TPSA) is 35.5 Å². The number of hydrogen-bond acceptors (Lipinski definition) is 3. The van der Waals surface area contributed by atoms with E-state index in [9.17, 15) is 0 Å². The van der Waals surface area contributed by atoms with Gasteiger partial charge in [0.25, 0.3) is 0 Å². The van der Waals surface area contributed by atoms with E-state index < -0.39 is 0 Å². The van der Waals surface area contributed by atoms with Gasteiger partial charge in [-0.1, -0.05) is 0 Å². The maximum atomic E-state index is 8.81. The van der Waals surface area contributed by atoms with Gasteiger partial charge in [-0.2, -0.15) is 0 Å². The van der Waals surface area contributed by atoms with Crippen LogP contribution < -0.4 is 5.32 Å². The van der Waals surface area contributed by atoms with Gasteiger partial charge in [0.2, 0.25) is 0 Å². The highest BCUT2D eigenvalue weighted by atomic mass is 16.2. The van der Waals surface area contributed by atoms with E-state index in [4.69, 9.17) is 5.11 Å². The summed E-state index contributed by atoms with van der Waals surface area (Å²) in [6.07, 6.45) is 6.13. The van der Waals surface area contributed by atoms with Gasteiger partial charge in [-0.3, -0.25) is 4.90 Å². The summed E-state index contributed by atoms with van der Waals surface area (Å²) in [5.41, 5.74) is 0. The summed E-state index contributed by atoms with van der Waals surface area (Å²) in [5.74, 6) is 0. The molecule has 94 valence electrons. The number of nitrogens with one attached hydrogen (secondary N) is 1. The zero-order chi connectivity index (χ0) is 11.5. The summed E-state index contributed by atoms with van der Waals surface area (Å²) in [6.45, 7) is 6.15. The molecule has 0 spiro atoms. The number of nitrogens with zero attached hydrogens (tertiary/aromatic N) is 1. The van der Waals surface area contributed by atoms with Gasteiger partial charge in [-0.05, 0) is 46.0 Å². The molecule has 3 nitrogen and oxygen atoms in total. The Labute approximate surface area is 99.2 Å². The molecule has 0 aromatic carbocycles. The van der Waals surface area contributed by atoms with Crippen molar-refractivity contribution in [3.05, 3.63) is 0 Å². The van der Waals surface area contributed by atoms with Crippen molar-refractivity contribution in [2.75, 3.05) is 13.2 Å². The Morgan fingerprint density at radius 3 is 2.81 bits per heavy atom. The van der Waals surface area contributed by atoms with E-state index in [0.717, 1.165) is 24.9 Å². The van der Waals surface area contributed by atoms with Crippen LogP contribution in [0.1, 0.15) is 46.0 Å². The van der Waals surface area contributed by atoms with Gasteiger partial charge in [0.15, 0.2) is 0 Å². The lowest BCUT2D eigenvalue weighted by Gasteiger charge is -2.21. The molecule has 1 saturated heterocycles. The first-order valence-electron chi connectivity index (χ1n) is 6.83. The molecule has 16 heavy (non-hydrogen) atoms. The zero-order valence-electron chi connectivity index (χ0n) is 10.7. The van der Waals surface area contributed by atoms with Crippen LogP contribution in [0, 0.1) is 0 Å². The molecule has 0 aromatic heterocycles. The van der Waals surface area contributed by atoms with Gasteiger partial charge >= 0.3 is 0 Å². The normalized spacial score (nSPS) is 33.2. The molecule has 3 heteroatoms. The highest BCUT2D eigenvalue weighted by Crippen LogP contribution is 2.33. The SMILES string of the molecule is CC(CCCO)NC1CC(C)N(C2CC2)C1. The molecule has 1 saturated carbocycles. The van der Waals surface area contributed by atoms with Crippen LogP contribution in [0.2, 0.25) is 0 Å². The molecule has 0 radical (unpaired) electrons. The minimum atomic E-state index is 0.321. The molecule has 2 N–H and O–H groups in total. The maximum absolute atomic E-state index is 8.81. The van der Waals surface area contributed by atoms with E-state index in [0.29, 0.717) is 18.7 Å². The molecule has 1 aliphatic carbocycles. The van der Waals surface area contributed by atoms with Gasteiger partial charge < -0.3 is 10.4 Å². The van der Waals surface area contributed by atoms with E-state index >= 15 is 0 Å². The number of likely N-dealkylation sites (tertiary alicyclic amines) is 1. The first-order chi connectivity index (χ1) is 7.70. The van der Waals surface area contributed by atoms with Crippen molar-refractivity contribution in [2.24, 2.45) is 0 Å². The molecule has 0 amide bonds. The highest BCUT2D eigenvalue weighted by Gasteiger charge is 2.38. The molecule has 3 atom stereocenters. The number of aliphatic hydroxyl groups excluding tert-OH is 1. The standard InChI is InChI=1S/C13H26N2O/c1-10(4-3-7-16)14-12-8-11(2)15(9-12)13-5-6-13/h10-14,16H,3-9H2,1-2H3. The van der Waals surface area contributed by atoms with Crippen LogP contribution in [-0.2, 0) is 0 Å². The predicted molar refractivity (Wildman–Crippen MR) is 66.5 cm³/mol. The molecule has 2 fully saturated rings. The van der Waals surface area contributed by atoms with Gasteiger partial charge in [0.1, 0.15) is 0 Å². The van der Waals surface area contributed by atoms with Crippen molar-refractivity contribution in [3.63, 3.8) is 0 Å². The zero-order valence-corrected chi connectivity index (χ0v) is 10.7. The molecule has 3 unspecified atom stereocenters. The van der Waals surface area contributed by atoms with Crippen molar-refractivity contribution in [1.29, 1.82) is 0 Å². The Hall–Kier alpha value is -0.120. The lowest BCUT2D eigenvalue weighted by atomic mass is 10.1. The number of rotatable bonds is 6. The summed E-state index contributed by atoms with van der Waals surface area (Å²) in [5, 5.41) is 12.5. The van der Waals surface area contributed by atoms with Crippen LogP contribution in [0.3, 0.4) is 0 Å². The quantitative estimate of drug-likeness (QED) is 0.718.